The second kappa shape index (κ2) is 17.4. The maximum atomic E-state index is 14.7. The van der Waals surface area contributed by atoms with Crippen molar-refractivity contribution in [2.45, 2.75) is 48.5 Å². The van der Waals surface area contributed by atoms with Crippen molar-refractivity contribution in [1.29, 1.82) is 0 Å². The van der Waals surface area contributed by atoms with Crippen molar-refractivity contribution in [2.75, 3.05) is 24.7 Å². The second-order valence-electron chi connectivity index (χ2n) is 12.6. The van der Waals surface area contributed by atoms with Crippen LogP contribution >= 0.6 is 15.9 Å². The Morgan fingerprint density at radius 2 is 1.17 bits per heavy atom. The minimum Gasteiger partial charge on any atom is -0.381 e. The first-order valence-electron chi connectivity index (χ1n) is 16.5. The summed E-state index contributed by atoms with van der Waals surface area (Å²) in [4.78, 5) is 37.8. The zero-order chi connectivity index (χ0) is 40.0. The number of halogens is 4. The van der Waals surface area contributed by atoms with Gasteiger partial charge in [-0.2, -0.15) is 0 Å². The first-order valence-corrected chi connectivity index (χ1v) is 17.3. The molecular formula is C40H39BrF3N5O5. The number of allylic oxidation sites excluding steroid dienone is 4. The van der Waals surface area contributed by atoms with Crippen LogP contribution in [0.15, 0.2) is 85.6 Å². The van der Waals surface area contributed by atoms with E-state index < -0.39 is 23.2 Å². The second-order valence-corrected chi connectivity index (χ2v) is 13.5. The number of hydrogen-bond acceptors (Lipinski definition) is 9. The number of nitrogens with zero attached hydrogens (tertiary/aromatic N) is 3. The van der Waals surface area contributed by atoms with E-state index in [9.17, 15) is 27.6 Å². The summed E-state index contributed by atoms with van der Waals surface area (Å²) < 4.78 is 53.9. The van der Waals surface area contributed by atoms with Crippen LogP contribution in [0, 0.1) is 45.1 Å². The molecule has 1 amide bonds. The van der Waals surface area contributed by atoms with Crippen molar-refractivity contribution in [1.82, 2.24) is 15.2 Å². The van der Waals surface area contributed by atoms with Gasteiger partial charge in [-0.25, -0.2) is 13.2 Å². The van der Waals surface area contributed by atoms with Crippen LogP contribution in [0.5, 0.6) is 0 Å². The van der Waals surface area contributed by atoms with Crippen molar-refractivity contribution >= 4 is 44.8 Å². The third-order valence-corrected chi connectivity index (χ3v) is 8.86. The molecule has 3 aromatic carbocycles. The smallest absolute Gasteiger partial charge is 0.221 e. The number of carbonyl (C=O) groups is 3. The van der Waals surface area contributed by atoms with Gasteiger partial charge in [-0.05, 0) is 105 Å². The Morgan fingerprint density at radius 3 is 1.57 bits per heavy atom. The molecule has 0 saturated heterocycles. The van der Waals surface area contributed by atoms with E-state index in [0.717, 1.165) is 11.3 Å². The van der Waals surface area contributed by atoms with Gasteiger partial charge in [0.1, 0.15) is 29.0 Å². The molecule has 5 aromatic rings. The quantitative estimate of drug-likeness (QED) is 0.105. The van der Waals surface area contributed by atoms with Crippen LogP contribution in [0.2, 0.25) is 0 Å². The lowest BCUT2D eigenvalue weighted by Gasteiger charge is -2.12. The number of ketones is 2. The fourth-order valence-corrected chi connectivity index (χ4v) is 5.80. The predicted molar refractivity (Wildman–Crippen MR) is 205 cm³/mol. The molecule has 0 aliphatic carbocycles. The third-order valence-electron chi connectivity index (χ3n) is 8.21. The summed E-state index contributed by atoms with van der Waals surface area (Å²) in [6.45, 7) is 11.7. The summed E-state index contributed by atoms with van der Waals surface area (Å²) in [7, 11) is 3.66. The van der Waals surface area contributed by atoms with Gasteiger partial charge >= 0.3 is 0 Å². The highest BCUT2D eigenvalue weighted by Gasteiger charge is 2.18. The van der Waals surface area contributed by atoms with Crippen LogP contribution in [0.25, 0.3) is 22.3 Å². The third kappa shape index (κ3) is 9.81. The molecule has 0 fully saturated rings. The molecule has 0 spiro atoms. The van der Waals surface area contributed by atoms with Crippen molar-refractivity contribution in [2.24, 2.45) is 0 Å². The van der Waals surface area contributed by atoms with Crippen LogP contribution < -0.4 is 10.6 Å². The zero-order valence-corrected chi connectivity index (χ0v) is 32.8. The lowest BCUT2D eigenvalue weighted by molar-refractivity contribution is -0.114. The summed E-state index contributed by atoms with van der Waals surface area (Å²) in [5.41, 5.74) is 5.35. The van der Waals surface area contributed by atoms with Crippen LogP contribution in [0.3, 0.4) is 0 Å². The maximum absolute atomic E-state index is 14.7. The number of aryl methyl sites for hydroxylation is 4. The lowest BCUT2D eigenvalue weighted by atomic mass is 10.0. The maximum Gasteiger partial charge on any atom is 0.221 e. The Hall–Kier alpha value is -5.76. The van der Waals surface area contributed by atoms with Gasteiger partial charge in [0.15, 0.2) is 11.6 Å². The molecule has 0 atom stereocenters. The molecular weight excluding hydrogens is 767 g/mol. The molecule has 14 heteroatoms. The van der Waals surface area contributed by atoms with E-state index in [-0.39, 0.29) is 28.5 Å². The Labute approximate surface area is 319 Å². The molecule has 2 aromatic heterocycles. The minimum atomic E-state index is -0.695. The van der Waals surface area contributed by atoms with Crippen LogP contribution in [0.1, 0.15) is 64.4 Å². The Kier molecular flexibility index (Phi) is 13.2. The van der Waals surface area contributed by atoms with Gasteiger partial charge in [-0.15, -0.1) is 0 Å². The SMILES string of the molecule is C/C(=C\C(=O)c1ccc(-c2c(C)noc2C)cc1F)N(C)C.CC(=O)Nc1cc(N/C(C)=C\C(=O)c2ccc(-c3c(C)noc3C)cc2F)c(F)cc1Br. The number of carbonyl (C=O) groups excluding carboxylic acids is 3. The van der Waals surface area contributed by atoms with Gasteiger partial charge in [-0.3, -0.25) is 14.4 Å². The molecule has 10 nitrogen and oxygen atoms in total. The number of amides is 1. The largest absolute Gasteiger partial charge is 0.381 e. The highest BCUT2D eigenvalue weighted by molar-refractivity contribution is 9.10. The molecule has 2 N–H and O–H groups in total. The van der Waals surface area contributed by atoms with E-state index in [1.165, 1.54) is 55.5 Å². The fraction of sp³-hybridized carbons (Fsp3) is 0.225. The van der Waals surface area contributed by atoms with Crippen molar-refractivity contribution in [3.63, 3.8) is 0 Å². The van der Waals surface area contributed by atoms with Gasteiger partial charge in [-0.1, -0.05) is 22.4 Å². The zero-order valence-electron chi connectivity index (χ0n) is 31.2. The van der Waals surface area contributed by atoms with Crippen molar-refractivity contribution in [3.05, 3.63) is 128 Å². The van der Waals surface area contributed by atoms with E-state index in [1.807, 2.05) is 14.1 Å². The predicted octanol–water partition coefficient (Wildman–Crippen LogP) is 9.90. The highest BCUT2D eigenvalue weighted by Crippen LogP contribution is 2.31. The normalized spacial score (nSPS) is 11.5. The number of hydrogen-bond donors (Lipinski definition) is 2. The number of nitrogens with one attached hydrogen (secondary N) is 2. The molecule has 54 heavy (non-hydrogen) atoms. The Bertz CT molecular complexity index is 2270. The lowest BCUT2D eigenvalue weighted by Crippen LogP contribution is -2.10. The fourth-order valence-electron chi connectivity index (χ4n) is 5.38. The molecule has 0 aliphatic rings. The van der Waals surface area contributed by atoms with E-state index in [1.54, 1.807) is 58.6 Å². The van der Waals surface area contributed by atoms with Crippen LogP contribution in [-0.4, -0.2) is 46.8 Å². The van der Waals surface area contributed by atoms with Gasteiger partial charge < -0.3 is 24.6 Å². The first kappa shape index (κ1) is 41.0. The van der Waals surface area contributed by atoms with Gasteiger partial charge in [0.2, 0.25) is 5.91 Å². The summed E-state index contributed by atoms with van der Waals surface area (Å²) in [6.07, 6.45) is 2.60. The molecule has 0 radical (unpaired) electrons. The van der Waals surface area contributed by atoms with Gasteiger partial charge in [0.05, 0.1) is 33.9 Å². The average Bonchev–Trinajstić information content (AvgIpc) is 3.61. The highest BCUT2D eigenvalue weighted by atomic mass is 79.9. The number of benzene rings is 3. The summed E-state index contributed by atoms with van der Waals surface area (Å²) >= 11 is 3.18. The average molecular weight is 807 g/mol. The summed E-state index contributed by atoms with van der Waals surface area (Å²) in [5.74, 6) is -1.92. The standard InChI is InChI=1S/C23H20BrF2N3O3.C17H19FN2O2/c1-11(27-21-10-20(28-14(4)30)17(24)9-19(21)26)7-22(31)16-6-5-15(8-18(16)25)23-12(2)29-32-13(23)3;1-10(20(4)5)8-16(21)14-7-6-13(9-15(14)18)17-11(2)19-22-12(17)3/h5-10,27H,1-4H3,(H,28,30);6-9H,1-5H3/b11-7-;10-8+. The molecule has 5 rings (SSSR count). The van der Waals surface area contributed by atoms with Crippen molar-refractivity contribution < 1.29 is 36.6 Å². The molecule has 0 aliphatic heterocycles. The molecule has 0 unspecified atom stereocenters. The summed E-state index contributed by atoms with van der Waals surface area (Å²) in [5, 5.41) is 13.1. The topological polar surface area (TPSA) is 131 Å². The van der Waals surface area contributed by atoms with Crippen LogP contribution in [-0.2, 0) is 4.79 Å². The number of aromatic nitrogens is 2. The Balaban J connectivity index is 0.000000258. The van der Waals surface area contributed by atoms with E-state index in [2.05, 4.69) is 36.9 Å². The summed E-state index contributed by atoms with van der Waals surface area (Å²) in [6, 6.07) is 11.4. The molecule has 0 bridgehead atoms. The van der Waals surface area contributed by atoms with E-state index in [4.69, 9.17) is 9.05 Å². The number of anilines is 2. The molecule has 0 saturated carbocycles. The molecule has 282 valence electrons. The first-order chi connectivity index (χ1) is 25.4. The minimum absolute atomic E-state index is 0.0488. The monoisotopic (exact) mass is 805 g/mol. The Morgan fingerprint density at radius 1 is 0.685 bits per heavy atom. The van der Waals surface area contributed by atoms with Crippen molar-refractivity contribution in [3.8, 4) is 22.3 Å². The van der Waals surface area contributed by atoms with E-state index in [0.29, 0.717) is 55.5 Å². The van der Waals surface area contributed by atoms with Gasteiger partial charge in [0.25, 0.3) is 0 Å². The van der Waals surface area contributed by atoms with Crippen LogP contribution in [0.4, 0.5) is 24.5 Å². The van der Waals surface area contributed by atoms with Gasteiger partial charge in [0, 0.05) is 60.2 Å². The number of rotatable bonds is 10. The van der Waals surface area contributed by atoms with E-state index >= 15 is 0 Å². The molecule has 2 heterocycles.